The van der Waals surface area contributed by atoms with Crippen molar-refractivity contribution >= 4 is 15.9 Å². The Bertz CT molecular complexity index is 360. The lowest BCUT2D eigenvalue weighted by Gasteiger charge is -2.12. The topological polar surface area (TPSA) is 42.2 Å². The quantitative estimate of drug-likeness (QED) is 0.844. The number of ether oxygens (including phenoxy) is 2. The highest BCUT2D eigenvalue weighted by molar-refractivity contribution is 9.10. The molecule has 0 atom stereocenters. The van der Waals surface area contributed by atoms with Gasteiger partial charge in [0.05, 0.1) is 20.3 Å². The molecule has 0 bridgehead atoms. The van der Waals surface area contributed by atoms with Gasteiger partial charge in [-0.15, -0.1) is 0 Å². The van der Waals surface area contributed by atoms with Gasteiger partial charge in [0.15, 0.2) is 0 Å². The Kier molecular flexibility index (Phi) is 4.44. The number of hydrogen-bond donors (Lipinski definition) is 0. The highest BCUT2D eigenvalue weighted by Crippen LogP contribution is 2.33. The van der Waals surface area contributed by atoms with E-state index in [0.717, 1.165) is 21.5 Å². The van der Waals surface area contributed by atoms with E-state index in [9.17, 15) is 0 Å². The molecule has 80 valence electrons. The van der Waals surface area contributed by atoms with E-state index >= 15 is 0 Å². The molecular weight excluding hydrogens is 258 g/mol. The Morgan fingerprint density at radius 2 is 1.80 bits per heavy atom. The lowest BCUT2D eigenvalue weighted by Crippen LogP contribution is -1.97. The average molecular weight is 270 g/mol. The molecule has 3 nitrogen and oxygen atoms in total. The van der Waals surface area contributed by atoms with Crippen LogP contribution in [0.25, 0.3) is 0 Å². The van der Waals surface area contributed by atoms with Crippen LogP contribution in [0.15, 0.2) is 16.6 Å². The summed E-state index contributed by atoms with van der Waals surface area (Å²) < 4.78 is 11.4. The Morgan fingerprint density at radius 3 is 2.20 bits per heavy atom. The molecule has 1 aromatic rings. The van der Waals surface area contributed by atoms with E-state index in [-0.39, 0.29) is 0 Å². The molecule has 0 saturated carbocycles. The lowest BCUT2D eigenvalue weighted by atomic mass is 10.1. The summed E-state index contributed by atoms with van der Waals surface area (Å²) in [5, 5.41) is 8.57. The highest BCUT2D eigenvalue weighted by Gasteiger charge is 2.11. The van der Waals surface area contributed by atoms with Crippen molar-refractivity contribution in [3.8, 4) is 17.6 Å². The first-order valence-corrected chi connectivity index (χ1v) is 5.29. The molecule has 0 amide bonds. The molecule has 0 heterocycles. The van der Waals surface area contributed by atoms with E-state index < -0.39 is 0 Å². The van der Waals surface area contributed by atoms with E-state index in [2.05, 4.69) is 22.0 Å². The predicted molar refractivity (Wildman–Crippen MR) is 61.2 cm³/mol. The smallest absolute Gasteiger partial charge is 0.126 e. The van der Waals surface area contributed by atoms with Crippen molar-refractivity contribution in [2.75, 3.05) is 14.2 Å². The highest BCUT2D eigenvalue weighted by atomic mass is 79.9. The van der Waals surface area contributed by atoms with E-state index in [1.54, 1.807) is 14.2 Å². The number of halogens is 1. The normalized spacial score (nSPS) is 9.47. The molecule has 0 radical (unpaired) electrons. The van der Waals surface area contributed by atoms with Crippen molar-refractivity contribution in [1.29, 1.82) is 5.26 Å². The molecule has 0 N–H and O–H groups in total. The van der Waals surface area contributed by atoms with Gasteiger partial charge in [-0.25, -0.2) is 0 Å². The molecular formula is C11H12BrNO2. The Morgan fingerprint density at radius 1 is 1.27 bits per heavy atom. The fourth-order valence-corrected chi connectivity index (χ4v) is 1.80. The summed E-state index contributed by atoms with van der Waals surface area (Å²) in [6.07, 6.45) is 1.09. The van der Waals surface area contributed by atoms with Gasteiger partial charge in [0.2, 0.25) is 0 Å². The maximum Gasteiger partial charge on any atom is 0.126 e. The van der Waals surface area contributed by atoms with Gasteiger partial charge >= 0.3 is 0 Å². The van der Waals surface area contributed by atoms with Crippen LogP contribution in [-0.4, -0.2) is 14.2 Å². The maximum atomic E-state index is 8.57. The number of hydrogen-bond acceptors (Lipinski definition) is 3. The standard InChI is InChI=1S/C11H12BrNO2/c1-14-10-6-8(12)7-11(15-2)9(10)4-3-5-13/h6-7H,3-4H2,1-2H3. The van der Waals surface area contributed by atoms with Crippen LogP contribution in [0.4, 0.5) is 0 Å². The van der Waals surface area contributed by atoms with Gasteiger partial charge in [-0.1, -0.05) is 15.9 Å². The minimum absolute atomic E-state index is 0.453. The van der Waals surface area contributed by atoms with Crippen molar-refractivity contribution in [2.45, 2.75) is 12.8 Å². The largest absolute Gasteiger partial charge is 0.496 e. The first-order valence-electron chi connectivity index (χ1n) is 4.50. The molecule has 0 unspecified atom stereocenters. The molecule has 0 fully saturated rings. The summed E-state index contributed by atoms with van der Waals surface area (Å²) in [7, 11) is 3.22. The summed E-state index contributed by atoms with van der Waals surface area (Å²) in [6.45, 7) is 0. The van der Waals surface area contributed by atoms with Gasteiger partial charge in [0, 0.05) is 16.5 Å². The molecule has 4 heteroatoms. The lowest BCUT2D eigenvalue weighted by molar-refractivity contribution is 0.385. The summed E-state index contributed by atoms with van der Waals surface area (Å²) in [4.78, 5) is 0. The first kappa shape index (κ1) is 11.9. The van der Waals surface area contributed by atoms with E-state index in [0.29, 0.717) is 12.8 Å². The zero-order valence-electron chi connectivity index (χ0n) is 8.71. The van der Waals surface area contributed by atoms with E-state index in [1.807, 2.05) is 12.1 Å². The Hall–Kier alpha value is -1.21. The monoisotopic (exact) mass is 269 g/mol. The Labute approximate surface area is 97.7 Å². The maximum absolute atomic E-state index is 8.57. The van der Waals surface area contributed by atoms with Crippen LogP contribution in [0.2, 0.25) is 0 Å². The van der Waals surface area contributed by atoms with Gasteiger partial charge in [-0.05, 0) is 18.6 Å². The molecule has 0 aromatic heterocycles. The molecule has 0 aliphatic rings. The van der Waals surface area contributed by atoms with Crippen LogP contribution in [-0.2, 0) is 6.42 Å². The summed E-state index contributed by atoms with van der Waals surface area (Å²) in [5.41, 5.74) is 0.935. The SMILES string of the molecule is COc1cc(Br)cc(OC)c1CCC#N. The second-order valence-electron chi connectivity index (χ2n) is 2.95. The van der Waals surface area contributed by atoms with Gasteiger partial charge in [-0.2, -0.15) is 5.26 Å². The van der Waals surface area contributed by atoms with Crippen molar-refractivity contribution in [1.82, 2.24) is 0 Å². The average Bonchev–Trinajstić information content (AvgIpc) is 2.26. The van der Waals surface area contributed by atoms with Gasteiger partial charge < -0.3 is 9.47 Å². The second kappa shape index (κ2) is 5.62. The van der Waals surface area contributed by atoms with Crippen LogP contribution < -0.4 is 9.47 Å². The van der Waals surface area contributed by atoms with Crippen LogP contribution in [0, 0.1) is 11.3 Å². The van der Waals surface area contributed by atoms with Crippen LogP contribution in [0.3, 0.4) is 0 Å². The zero-order valence-corrected chi connectivity index (χ0v) is 10.3. The summed E-state index contributed by atoms with van der Waals surface area (Å²) in [5.74, 6) is 1.49. The minimum Gasteiger partial charge on any atom is -0.496 e. The van der Waals surface area contributed by atoms with E-state index in [4.69, 9.17) is 14.7 Å². The second-order valence-corrected chi connectivity index (χ2v) is 3.86. The van der Waals surface area contributed by atoms with Crippen LogP contribution in [0.1, 0.15) is 12.0 Å². The molecule has 0 saturated heterocycles. The number of methoxy groups -OCH3 is 2. The van der Waals surface area contributed by atoms with Crippen LogP contribution >= 0.6 is 15.9 Å². The number of rotatable bonds is 4. The van der Waals surface area contributed by atoms with Crippen molar-refractivity contribution < 1.29 is 9.47 Å². The number of nitrogens with zero attached hydrogens (tertiary/aromatic N) is 1. The van der Waals surface area contributed by atoms with Crippen molar-refractivity contribution in [3.05, 3.63) is 22.2 Å². The minimum atomic E-state index is 0.453. The van der Waals surface area contributed by atoms with Crippen molar-refractivity contribution in [3.63, 3.8) is 0 Å². The summed E-state index contributed by atoms with van der Waals surface area (Å²) in [6, 6.07) is 5.85. The van der Waals surface area contributed by atoms with Crippen LogP contribution in [0.5, 0.6) is 11.5 Å². The third kappa shape index (κ3) is 2.87. The Balaban J connectivity index is 3.13. The molecule has 0 aliphatic heterocycles. The molecule has 1 aromatic carbocycles. The molecule has 15 heavy (non-hydrogen) atoms. The first-order chi connectivity index (χ1) is 7.22. The predicted octanol–water partition coefficient (Wildman–Crippen LogP) is 2.92. The summed E-state index contributed by atoms with van der Waals surface area (Å²) >= 11 is 3.37. The number of benzene rings is 1. The van der Waals surface area contributed by atoms with Gasteiger partial charge in [0.1, 0.15) is 11.5 Å². The fourth-order valence-electron chi connectivity index (χ4n) is 1.38. The van der Waals surface area contributed by atoms with E-state index in [1.165, 1.54) is 0 Å². The zero-order chi connectivity index (χ0) is 11.3. The number of nitriles is 1. The fraction of sp³-hybridized carbons (Fsp3) is 0.364. The molecule has 1 rings (SSSR count). The third-order valence-corrected chi connectivity index (χ3v) is 2.52. The van der Waals surface area contributed by atoms with Crippen molar-refractivity contribution in [2.24, 2.45) is 0 Å². The third-order valence-electron chi connectivity index (χ3n) is 2.06. The molecule has 0 aliphatic carbocycles. The van der Waals surface area contributed by atoms with Gasteiger partial charge in [0.25, 0.3) is 0 Å². The molecule has 0 spiro atoms. The van der Waals surface area contributed by atoms with Gasteiger partial charge in [-0.3, -0.25) is 0 Å².